The van der Waals surface area contributed by atoms with Gasteiger partial charge in [0.15, 0.2) is 18.5 Å². The van der Waals surface area contributed by atoms with E-state index in [0.29, 0.717) is 12.8 Å². The molecule has 1 fully saturated rings. The molecule has 0 amide bonds. The summed E-state index contributed by atoms with van der Waals surface area (Å²) in [5.74, 6) is -2.45. The zero-order valence-corrected chi connectivity index (χ0v) is 35.1. The zero-order chi connectivity index (χ0) is 41.1. The van der Waals surface area contributed by atoms with Crippen molar-refractivity contribution in [2.45, 2.75) is 230 Å². The zero-order valence-electron chi connectivity index (χ0n) is 35.1. The van der Waals surface area contributed by atoms with Gasteiger partial charge in [-0.1, -0.05) is 167 Å². The van der Waals surface area contributed by atoms with Crippen LogP contribution in [-0.4, -0.2) is 88.4 Å². The van der Waals surface area contributed by atoms with Crippen molar-refractivity contribution in [3.63, 3.8) is 0 Å². The van der Waals surface area contributed by atoms with Gasteiger partial charge in [0.05, 0.1) is 6.61 Å². The number of hydrogen-bond acceptors (Lipinski definition) is 10. The molecule has 1 heterocycles. The highest BCUT2D eigenvalue weighted by molar-refractivity contribution is 5.73. The topological polar surface area (TPSA) is 169 Å². The van der Waals surface area contributed by atoms with Gasteiger partial charge in [-0.25, -0.2) is 4.79 Å². The molecule has 11 nitrogen and oxygen atoms in total. The fraction of sp³-hybridized carbons (Fsp3) is 0.844. The molecule has 0 radical (unpaired) electrons. The van der Waals surface area contributed by atoms with Gasteiger partial charge < -0.3 is 39.4 Å². The number of unbranched alkanes of at least 4 members (excludes halogenated alkanes) is 22. The van der Waals surface area contributed by atoms with Crippen molar-refractivity contribution in [1.82, 2.24) is 0 Å². The first-order valence-electron chi connectivity index (χ1n) is 22.4. The number of carbonyl (C=O) groups is 3. The Morgan fingerprint density at radius 2 is 1.02 bits per heavy atom. The fourth-order valence-electron chi connectivity index (χ4n) is 6.72. The fourth-order valence-corrected chi connectivity index (χ4v) is 6.72. The molecule has 56 heavy (non-hydrogen) atoms. The molecule has 0 aromatic carbocycles. The molecule has 326 valence electrons. The monoisotopic (exact) mass is 797 g/mol. The maximum Gasteiger partial charge on any atom is 0.335 e. The second kappa shape index (κ2) is 35.8. The summed E-state index contributed by atoms with van der Waals surface area (Å²) in [7, 11) is 0. The lowest BCUT2D eigenvalue weighted by atomic mass is 9.99. The van der Waals surface area contributed by atoms with Gasteiger partial charge in [0.25, 0.3) is 0 Å². The van der Waals surface area contributed by atoms with Crippen LogP contribution in [0.15, 0.2) is 24.3 Å². The van der Waals surface area contributed by atoms with Gasteiger partial charge in [0.1, 0.15) is 24.9 Å². The summed E-state index contributed by atoms with van der Waals surface area (Å²) in [5.41, 5.74) is 0. The van der Waals surface area contributed by atoms with Crippen molar-refractivity contribution >= 4 is 17.9 Å². The number of carboxylic acid groups (broad SMARTS) is 1. The Bertz CT molecular complexity index is 1030. The van der Waals surface area contributed by atoms with E-state index >= 15 is 0 Å². The second-order valence-corrected chi connectivity index (χ2v) is 15.5. The van der Waals surface area contributed by atoms with Crippen molar-refractivity contribution < 1.29 is 53.8 Å². The highest BCUT2D eigenvalue weighted by Gasteiger charge is 2.47. The predicted molar refractivity (Wildman–Crippen MR) is 220 cm³/mol. The average molecular weight is 797 g/mol. The van der Waals surface area contributed by atoms with Gasteiger partial charge >= 0.3 is 17.9 Å². The van der Waals surface area contributed by atoms with Crippen molar-refractivity contribution in [1.29, 1.82) is 0 Å². The first kappa shape index (κ1) is 51.7. The smallest absolute Gasteiger partial charge is 0.335 e. The van der Waals surface area contributed by atoms with Gasteiger partial charge in [-0.15, -0.1) is 0 Å². The first-order chi connectivity index (χ1) is 27.2. The van der Waals surface area contributed by atoms with E-state index in [1.165, 1.54) is 89.9 Å². The van der Waals surface area contributed by atoms with E-state index < -0.39 is 61.3 Å². The normalized spacial score (nSPS) is 20.5. The van der Waals surface area contributed by atoms with Crippen molar-refractivity contribution in [3.05, 3.63) is 24.3 Å². The molecule has 0 aliphatic carbocycles. The summed E-state index contributed by atoms with van der Waals surface area (Å²) in [4.78, 5) is 36.8. The number of aliphatic hydroxyl groups excluding tert-OH is 3. The second-order valence-electron chi connectivity index (χ2n) is 15.5. The standard InChI is InChI=1S/C45H80O11/c1-3-5-7-9-11-13-15-17-19-20-22-24-26-28-30-32-34-39(47)55-37(36-54-45-42(50)40(48)41(49)43(56-45)44(51)52)35-53-38(46)33-31-29-27-25-23-21-18-16-14-12-10-8-6-4-2/h10,12,16,18,37,40-43,45,48-50H,3-9,11,13-15,17,19-36H2,1-2H3,(H,51,52)/b12-10-,18-16-. The van der Waals surface area contributed by atoms with E-state index in [9.17, 15) is 34.8 Å². The van der Waals surface area contributed by atoms with Gasteiger partial charge in [0.2, 0.25) is 0 Å². The first-order valence-corrected chi connectivity index (χ1v) is 22.4. The molecule has 0 bridgehead atoms. The number of rotatable bonds is 37. The van der Waals surface area contributed by atoms with Crippen molar-refractivity contribution in [2.24, 2.45) is 0 Å². The van der Waals surface area contributed by atoms with Crippen LogP contribution in [0.3, 0.4) is 0 Å². The van der Waals surface area contributed by atoms with Gasteiger partial charge in [-0.05, 0) is 38.5 Å². The Morgan fingerprint density at radius 3 is 1.54 bits per heavy atom. The van der Waals surface area contributed by atoms with Crippen LogP contribution in [0.25, 0.3) is 0 Å². The molecule has 1 aliphatic rings. The molecule has 0 spiro atoms. The van der Waals surface area contributed by atoms with E-state index in [2.05, 4.69) is 38.2 Å². The molecule has 6 unspecified atom stereocenters. The summed E-state index contributed by atoms with van der Waals surface area (Å²) >= 11 is 0. The minimum absolute atomic E-state index is 0.184. The molecule has 6 atom stereocenters. The van der Waals surface area contributed by atoms with Crippen LogP contribution in [0.1, 0.15) is 194 Å². The summed E-state index contributed by atoms with van der Waals surface area (Å²) in [5, 5.41) is 39.8. The highest BCUT2D eigenvalue weighted by atomic mass is 16.7. The number of aliphatic hydroxyl groups is 3. The van der Waals surface area contributed by atoms with Crippen LogP contribution < -0.4 is 0 Å². The average Bonchev–Trinajstić information content (AvgIpc) is 3.18. The summed E-state index contributed by atoms with van der Waals surface area (Å²) in [6, 6.07) is 0. The maximum atomic E-state index is 12.8. The lowest BCUT2D eigenvalue weighted by Crippen LogP contribution is -2.60. The third kappa shape index (κ3) is 27.3. The molecule has 4 N–H and O–H groups in total. The minimum atomic E-state index is -1.86. The Hall–Kier alpha value is -2.31. The van der Waals surface area contributed by atoms with Crippen LogP contribution in [0.4, 0.5) is 0 Å². The van der Waals surface area contributed by atoms with E-state index in [-0.39, 0.29) is 19.4 Å². The molecule has 1 aliphatic heterocycles. The molecule has 0 aromatic rings. The van der Waals surface area contributed by atoms with Crippen molar-refractivity contribution in [3.8, 4) is 0 Å². The number of carbonyl (C=O) groups excluding carboxylic acids is 2. The third-order valence-corrected chi connectivity index (χ3v) is 10.3. The number of aliphatic carboxylic acids is 1. The maximum absolute atomic E-state index is 12.8. The highest BCUT2D eigenvalue weighted by Crippen LogP contribution is 2.23. The molecule has 0 saturated carbocycles. The van der Waals surface area contributed by atoms with Gasteiger partial charge in [-0.2, -0.15) is 0 Å². The molecule has 1 rings (SSSR count). The number of hydrogen-bond donors (Lipinski definition) is 4. The summed E-state index contributed by atoms with van der Waals surface area (Å²) in [6.45, 7) is 3.77. The number of allylic oxidation sites excluding steroid dienone is 4. The Morgan fingerprint density at radius 1 is 0.554 bits per heavy atom. The van der Waals surface area contributed by atoms with Crippen LogP contribution in [0.5, 0.6) is 0 Å². The predicted octanol–water partition coefficient (Wildman–Crippen LogP) is 9.43. The van der Waals surface area contributed by atoms with Gasteiger partial charge in [-0.3, -0.25) is 9.59 Å². The number of carboxylic acids is 1. The number of ether oxygens (including phenoxy) is 4. The Balaban J connectivity index is 2.37. The van der Waals surface area contributed by atoms with Crippen LogP contribution in [0, 0.1) is 0 Å². The molecule has 0 aromatic heterocycles. The van der Waals surface area contributed by atoms with Crippen molar-refractivity contribution in [2.75, 3.05) is 13.2 Å². The molecule has 1 saturated heterocycles. The van der Waals surface area contributed by atoms with E-state index in [0.717, 1.165) is 64.2 Å². The third-order valence-electron chi connectivity index (χ3n) is 10.3. The molecule has 11 heteroatoms. The lowest BCUT2D eigenvalue weighted by molar-refractivity contribution is -0.298. The van der Waals surface area contributed by atoms with Crippen LogP contribution in [-0.2, 0) is 33.3 Å². The largest absolute Gasteiger partial charge is 0.479 e. The van der Waals surface area contributed by atoms with Crippen LogP contribution >= 0.6 is 0 Å². The quantitative estimate of drug-likeness (QED) is 0.0268. The Labute approximate surface area is 339 Å². The minimum Gasteiger partial charge on any atom is -0.479 e. The van der Waals surface area contributed by atoms with Gasteiger partial charge in [0, 0.05) is 12.8 Å². The van der Waals surface area contributed by atoms with E-state index in [4.69, 9.17) is 18.9 Å². The Kier molecular flexibility index (Phi) is 33.1. The lowest BCUT2D eigenvalue weighted by Gasteiger charge is -2.38. The molecular formula is C45H80O11. The summed E-state index contributed by atoms with van der Waals surface area (Å²) in [6.07, 6.45) is 29.4. The van der Waals surface area contributed by atoms with Crippen LogP contribution in [0.2, 0.25) is 0 Å². The van der Waals surface area contributed by atoms with E-state index in [1.54, 1.807) is 0 Å². The van der Waals surface area contributed by atoms with E-state index in [1.807, 2.05) is 0 Å². The number of esters is 2. The summed E-state index contributed by atoms with van der Waals surface area (Å²) < 4.78 is 21.7. The SMILES string of the molecule is CCCC/C=C\C/C=C\CCCCCCCC(=O)OCC(COC1OC(C(=O)O)C(O)C(O)C1O)OC(=O)CCCCCCCCCCCCCCCCCC. The molecular weight excluding hydrogens is 716 g/mol.